The molecule has 1 atom stereocenters. The van der Waals surface area contributed by atoms with Crippen molar-refractivity contribution in [3.8, 4) is 0 Å². The van der Waals surface area contributed by atoms with Crippen LogP contribution in [0.2, 0.25) is 0 Å². The van der Waals surface area contributed by atoms with Gasteiger partial charge in [0.2, 0.25) is 0 Å². The molecule has 2 rings (SSSR count). The van der Waals surface area contributed by atoms with Gasteiger partial charge in [-0.3, -0.25) is 9.69 Å². The lowest BCUT2D eigenvalue weighted by Gasteiger charge is -2.05. The predicted octanol–water partition coefficient (Wildman–Crippen LogP) is 1.60. The molecule has 1 fully saturated rings. The van der Waals surface area contributed by atoms with Gasteiger partial charge in [-0.1, -0.05) is 30.3 Å². The van der Waals surface area contributed by atoms with E-state index in [1.54, 1.807) is 0 Å². The highest BCUT2D eigenvalue weighted by Crippen LogP contribution is 2.19. The number of rotatable bonds is 3. The van der Waals surface area contributed by atoms with Gasteiger partial charge in [0.05, 0.1) is 6.54 Å². The highest BCUT2D eigenvalue weighted by atomic mass is 16.6. The number of benzene rings is 1. The van der Waals surface area contributed by atoms with Crippen molar-refractivity contribution in [3.63, 3.8) is 0 Å². The summed E-state index contributed by atoms with van der Waals surface area (Å²) in [7, 11) is 0. The maximum absolute atomic E-state index is 11.4. The van der Waals surface area contributed by atoms with E-state index >= 15 is 0 Å². The van der Waals surface area contributed by atoms with E-state index in [1.165, 1.54) is 11.8 Å². The lowest BCUT2D eigenvalue weighted by molar-refractivity contribution is -0.117. The fourth-order valence-electron chi connectivity index (χ4n) is 1.49. The molecular formula is C12H13NO3. The number of Topliss-reactive ketones (excluding diaryl/α,β-unsaturated/α-hetero) is 1. The molecule has 4 nitrogen and oxygen atoms in total. The third-order valence-electron chi connectivity index (χ3n) is 2.52. The lowest BCUT2D eigenvalue weighted by Crippen LogP contribution is -2.18. The average molecular weight is 219 g/mol. The number of hydrogen-bond acceptors (Lipinski definition) is 3. The maximum atomic E-state index is 11.4. The predicted molar refractivity (Wildman–Crippen MR) is 57.8 cm³/mol. The van der Waals surface area contributed by atoms with Crippen LogP contribution in [0.15, 0.2) is 30.3 Å². The van der Waals surface area contributed by atoms with Gasteiger partial charge in [0.15, 0.2) is 5.78 Å². The van der Waals surface area contributed by atoms with Gasteiger partial charge in [0, 0.05) is 0 Å². The molecule has 0 saturated carbocycles. The summed E-state index contributed by atoms with van der Waals surface area (Å²) in [6, 6.07) is 9.19. The molecule has 1 heterocycles. The van der Waals surface area contributed by atoms with Gasteiger partial charge in [0.1, 0.15) is 12.6 Å². The Hall–Kier alpha value is -1.84. The molecule has 0 unspecified atom stereocenters. The van der Waals surface area contributed by atoms with E-state index in [0.29, 0.717) is 6.54 Å². The minimum absolute atomic E-state index is 0.0108. The smallest absolute Gasteiger partial charge is 0.410 e. The number of ether oxygens (including phenoxy) is 1. The first-order valence-electron chi connectivity index (χ1n) is 5.16. The lowest BCUT2D eigenvalue weighted by atomic mass is 10.2. The first-order valence-corrected chi connectivity index (χ1v) is 5.16. The van der Waals surface area contributed by atoms with Crippen LogP contribution in [0.1, 0.15) is 12.5 Å². The monoisotopic (exact) mass is 219 g/mol. The Bertz CT molecular complexity index is 402. The Morgan fingerprint density at radius 2 is 2.06 bits per heavy atom. The standard InChI is InChI=1S/C12H13NO3/c1-9(14)11-7-13(11)12(15)16-8-10-5-3-2-4-6-10/h2-6,11H,7-8H2,1H3/t11-,13?/m0/s1. The molecule has 0 N–H and O–H groups in total. The fourth-order valence-corrected chi connectivity index (χ4v) is 1.49. The van der Waals surface area contributed by atoms with Crippen LogP contribution >= 0.6 is 0 Å². The van der Waals surface area contributed by atoms with E-state index < -0.39 is 6.09 Å². The van der Waals surface area contributed by atoms with Crippen molar-refractivity contribution in [3.05, 3.63) is 35.9 Å². The summed E-state index contributed by atoms with van der Waals surface area (Å²) >= 11 is 0. The molecule has 0 radical (unpaired) electrons. The molecular weight excluding hydrogens is 206 g/mol. The van der Waals surface area contributed by atoms with Crippen molar-refractivity contribution in [1.82, 2.24) is 4.90 Å². The summed E-state index contributed by atoms with van der Waals surface area (Å²) in [5.41, 5.74) is 0.942. The molecule has 16 heavy (non-hydrogen) atoms. The normalized spacial score (nSPS) is 18.1. The van der Waals surface area contributed by atoms with Gasteiger partial charge in [-0.2, -0.15) is 0 Å². The summed E-state index contributed by atoms with van der Waals surface area (Å²) in [4.78, 5) is 23.8. The zero-order valence-corrected chi connectivity index (χ0v) is 9.05. The molecule has 4 heteroatoms. The van der Waals surface area contributed by atoms with Crippen molar-refractivity contribution in [1.29, 1.82) is 0 Å². The first kappa shape index (κ1) is 10.7. The molecule has 1 aromatic rings. The van der Waals surface area contributed by atoms with Gasteiger partial charge < -0.3 is 4.74 Å². The van der Waals surface area contributed by atoms with Crippen LogP contribution in [-0.2, 0) is 16.1 Å². The summed E-state index contributed by atoms with van der Waals surface area (Å²) in [6.07, 6.45) is -0.413. The van der Waals surface area contributed by atoms with E-state index in [4.69, 9.17) is 4.74 Å². The average Bonchev–Trinajstić information content (AvgIpc) is 3.07. The number of hydrogen-bond donors (Lipinski definition) is 0. The zero-order valence-electron chi connectivity index (χ0n) is 9.05. The van der Waals surface area contributed by atoms with E-state index in [-0.39, 0.29) is 18.4 Å². The summed E-state index contributed by atoms with van der Waals surface area (Å²) < 4.78 is 5.07. The van der Waals surface area contributed by atoms with E-state index in [9.17, 15) is 9.59 Å². The maximum Gasteiger partial charge on any atom is 0.410 e. The van der Waals surface area contributed by atoms with Crippen molar-refractivity contribution in [2.75, 3.05) is 6.54 Å². The Balaban J connectivity index is 1.80. The summed E-state index contributed by atoms with van der Waals surface area (Å²) in [5, 5.41) is 0. The third-order valence-corrected chi connectivity index (χ3v) is 2.52. The molecule has 1 saturated heterocycles. The second kappa shape index (κ2) is 4.35. The Morgan fingerprint density at radius 3 is 2.62 bits per heavy atom. The summed E-state index contributed by atoms with van der Waals surface area (Å²) in [5.74, 6) is 0.0108. The molecule has 0 aromatic heterocycles. The van der Waals surface area contributed by atoms with Crippen molar-refractivity contribution in [2.45, 2.75) is 19.6 Å². The van der Waals surface area contributed by atoms with Gasteiger partial charge >= 0.3 is 6.09 Å². The number of nitrogens with zero attached hydrogens (tertiary/aromatic N) is 1. The highest BCUT2D eigenvalue weighted by Gasteiger charge is 2.42. The first-order chi connectivity index (χ1) is 7.68. The fraction of sp³-hybridized carbons (Fsp3) is 0.333. The number of carbonyl (C=O) groups is 2. The number of ketones is 1. The van der Waals surface area contributed by atoms with E-state index in [1.807, 2.05) is 30.3 Å². The van der Waals surface area contributed by atoms with Crippen LogP contribution in [0.5, 0.6) is 0 Å². The van der Waals surface area contributed by atoms with Crippen LogP contribution in [0.3, 0.4) is 0 Å². The minimum atomic E-state index is -0.413. The van der Waals surface area contributed by atoms with E-state index in [0.717, 1.165) is 5.56 Å². The van der Waals surface area contributed by atoms with Gasteiger partial charge in [-0.15, -0.1) is 0 Å². The molecule has 0 aliphatic carbocycles. The number of carbonyl (C=O) groups excluding carboxylic acids is 2. The van der Waals surface area contributed by atoms with Crippen LogP contribution < -0.4 is 0 Å². The van der Waals surface area contributed by atoms with Crippen LogP contribution in [0.25, 0.3) is 0 Å². The molecule has 1 aliphatic heterocycles. The molecule has 0 bridgehead atoms. The molecule has 0 spiro atoms. The van der Waals surface area contributed by atoms with Gasteiger partial charge in [0.25, 0.3) is 0 Å². The Labute approximate surface area is 93.8 Å². The second-order valence-corrected chi connectivity index (χ2v) is 3.82. The van der Waals surface area contributed by atoms with E-state index in [2.05, 4.69) is 0 Å². The molecule has 84 valence electrons. The van der Waals surface area contributed by atoms with Crippen molar-refractivity contribution in [2.24, 2.45) is 0 Å². The van der Waals surface area contributed by atoms with Crippen LogP contribution in [0.4, 0.5) is 4.79 Å². The van der Waals surface area contributed by atoms with Gasteiger partial charge in [-0.25, -0.2) is 4.79 Å². The second-order valence-electron chi connectivity index (χ2n) is 3.82. The zero-order chi connectivity index (χ0) is 11.5. The topological polar surface area (TPSA) is 46.4 Å². The van der Waals surface area contributed by atoms with Crippen LogP contribution in [0, 0.1) is 0 Å². The Morgan fingerprint density at radius 1 is 1.38 bits per heavy atom. The summed E-state index contributed by atoms with van der Waals surface area (Å²) in [6.45, 7) is 2.22. The number of amides is 1. The third kappa shape index (κ3) is 2.39. The van der Waals surface area contributed by atoms with Crippen molar-refractivity contribution >= 4 is 11.9 Å². The highest BCUT2D eigenvalue weighted by molar-refractivity contribution is 5.90. The minimum Gasteiger partial charge on any atom is -0.445 e. The largest absolute Gasteiger partial charge is 0.445 e. The Kier molecular flexibility index (Phi) is 2.90. The van der Waals surface area contributed by atoms with Crippen molar-refractivity contribution < 1.29 is 14.3 Å². The van der Waals surface area contributed by atoms with Crippen LogP contribution in [-0.4, -0.2) is 29.4 Å². The van der Waals surface area contributed by atoms with Gasteiger partial charge in [-0.05, 0) is 12.5 Å². The molecule has 1 aromatic carbocycles. The quantitative estimate of drug-likeness (QED) is 0.725. The SMILES string of the molecule is CC(=O)[C@@H]1CN1C(=O)OCc1ccccc1. The molecule has 1 amide bonds. The molecule has 1 aliphatic rings.